The number of hydrogen-bond acceptors (Lipinski definition) is 0. The van der Waals surface area contributed by atoms with Crippen LogP contribution in [0.25, 0.3) is 0 Å². The molecule has 17 heavy (non-hydrogen) atoms. The van der Waals surface area contributed by atoms with Crippen molar-refractivity contribution in [3.8, 4) is 0 Å². The van der Waals surface area contributed by atoms with E-state index in [1.807, 2.05) is 0 Å². The van der Waals surface area contributed by atoms with E-state index in [0.29, 0.717) is 5.92 Å². The molecule has 0 nitrogen and oxygen atoms in total. The van der Waals surface area contributed by atoms with Gasteiger partial charge < -0.3 is 0 Å². The SMILES string of the molecule is C=C(C)/C=C(\CC1=CCC(C)C=C1)C(C)(C)C. The third-order valence-corrected chi connectivity index (χ3v) is 3.17. The molecule has 0 heteroatoms. The van der Waals surface area contributed by atoms with Gasteiger partial charge in [-0.1, -0.05) is 69.7 Å². The monoisotopic (exact) mass is 230 g/mol. The lowest BCUT2D eigenvalue weighted by atomic mass is 9.80. The highest BCUT2D eigenvalue weighted by Crippen LogP contribution is 2.33. The molecule has 0 aromatic rings. The zero-order valence-electron chi connectivity index (χ0n) is 12.0. The van der Waals surface area contributed by atoms with Crippen molar-refractivity contribution in [1.29, 1.82) is 0 Å². The van der Waals surface area contributed by atoms with Crippen LogP contribution in [-0.2, 0) is 0 Å². The van der Waals surface area contributed by atoms with Crippen molar-refractivity contribution in [1.82, 2.24) is 0 Å². The highest BCUT2D eigenvalue weighted by Gasteiger charge is 2.18. The lowest BCUT2D eigenvalue weighted by molar-refractivity contribution is 0.491. The molecule has 0 radical (unpaired) electrons. The maximum Gasteiger partial charge on any atom is -0.00619 e. The Balaban J connectivity index is 2.82. The first-order valence-electron chi connectivity index (χ1n) is 6.53. The summed E-state index contributed by atoms with van der Waals surface area (Å²) in [6.07, 6.45) is 11.5. The van der Waals surface area contributed by atoms with E-state index in [1.165, 1.54) is 17.6 Å². The van der Waals surface area contributed by atoms with Crippen LogP contribution in [0.3, 0.4) is 0 Å². The Hall–Kier alpha value is -1.04. The van der Waals surface area contributed by atoms with Gasteiger partial charge in [-0.25, -0.2) is 0 Å². The van der Waals surface area contributed by atoms with Crippen LogP contribution in [0, 0.1) is 11.3 Å². The number of rotatable bonds is 3. The Kier molecular flexibility index (Phi) is 4.56. The van der Waals surface area contributed by atoms with Crippen LogP contribution in [0.15, 0.2) is 47.6 Å². The van der Waals surface area contributed by atoms with Crippen molar-refractivity contribution < 1.29 is 0 Å². The Morgan fingerprint density at radius 1 is 1.47 bits per heavy atom. The predicted octanol–water partition coefficient (Wildman–Crippen LogP) is 5.45. The molecule has 0 spiro atoms. The second-order valence-corrected chi connectivity index (χ2v) is 6.29. The molecular weight excluding hydrogens is 204 g/mol. The van der Waals surface area contributed by atoms with E-state index in [4.69, 9.17) is 0 Å². The Bertz CT molecular complexity index is 369. The molecule has 1 aliphatic carbocycles. The van der Waals surface area contributed by atoms with E-state index in [9.17, 15) is 0 Å². The maximum absolute atomic E-state index is 4.00. The van der Waals surface area contributed by atoms with Crippen molar-refractivity contribution in [2.24, 2.45) is 11.3 Å². The minimum Gasteiger partial charge on any atom is -0.0961 e. The molecule has 0 amide bonds. The molecule has 0 bridgehead atoms. The van der Waals surface area contributed by atoms with Crippen molar-refractivity contribution >= 4 is 0 Å². The Labute approximate surface area is 107 Å². The summed E-state index contributed by atoms with van der Waals surface area (Å²) in [6, 6.07) is 0. The normalized spacial score (nSPS) is 21.4. The molecule has 0 fully saturated rings. The molecule has 94 valence electrons. The van der Waals surface area contributed by atoms with Crippen molar-refractivity contribution in [3.63, 3.8) is 0 Å². The molecular formula is C17H26. The van der Waals surface area contributed by atoms with Gasteiger partial charge in [0, 0.05) is 0 Å². The van der Waals surface area contributed by atoms with Gasteiger partial charge in [-0.2, -0.15) is 0 Å². The fourth-order valence-corrected chi connectivity index (χ4v) is 1.95. The smallest absolute Gasteiger partial charge is 0.00619 e. The van der Waals surface area contributed by atoms with Crippen LogP contribution in [0.1, 0.15) is 47.5 Å². The van der Waals surface area contributed by atoms with Gasteiger partial charge in [-0.05, 0) is 36.7 Å². The summed E-state index contributed by atoms with van der Waals surface area (Å²) >= 11 is 0. The maximum atomic E-state index is 4.00. The molecule has 0 aromatic carbocycles. The molecule has 0 N–H and O–H groups in total. The van der Waals surface area contributed by atoms with E-state index in [0.717, 1.165) is 12.0 Å². The number of hydrogen-bond donors (Lipinski definition) is 0. The Morgan fingerprint density at radius 3 is 2.53 bits per heavy atom. The molecule has 1 aliphatic rings. The van der Waals surface area contributed by atoms with E-state index < -0.39 is 0 Å². The summed E-state index contributed by atoms with van der Waals surface area (Å²) in [5.74, 6) is 0.696. The van der Waals surface area contributed by atoms with Crippen LogP contribution in [0.4, 0.5) is 0 Å². The van der Waals surface area contributed by atoms with Crippen molar-refractivity contribution in [2.75, 3.05) is 0 Å². The quantitative estimate of drug-likeness (QED) is 0.566. The summed E-state index contributed by atoms with van der Waals surface area (Å²) in [7, 11) is 0. The molecule has 0 heterocycles. The summed E-state index contributed by atoms with van der Waals surface area (Å²) in [6.45, 7) is 15.2. The van der Waals surface area contributed by atoms with Crippen LogP contribution < -0.4 is 0 Å². The lowest BCUT2D eigenvalue weighted by Crippen LogP contribution is -2.11. The van der Waals surface area contributed by atoms with Crippen LogP contribution in [0.5, 0.6) is 0 Å². The van der Waals surface area contributed by atoms with Gasteiger partial charge in [0.2, 0.25) is 0 Å². The van der Waals surface area contributed by atoms with Gasteiger partial charge in [0.25, 0.3) is 0 Å². The third-order valence-electron chi connectivity index (χ3n) is 3.17. The minimum atomic E-state index is 0.219. The van der Waals surface area contributed by atoms with Gasteiger partial charge in [0.05, 0.1) is 0 Å². The molecule has 0 saturated carbocycles. The Morgan fingerprint density at radius 2 is 2.12 bits per heavy atom. The zero-order valence-corrected chi connectivity index (χ0v) is 12.0. The first kappa shape index (κ1) is 14.0. The van der Waals surface area contributed by atoms with E-state index in [1.54, 1.807) is 0 Å². The van der Waals surface area contributed by atoms with Crippen LogP contribution in [0.2, 0.25) is 0 Å². The average molecular weight is 230 g/mol. The largest absolute Gasteiger partial charge is 0.0961 e. The highest BCUT2D eigenvalue weighted by molar-refractivity contribution is 5.33. The fourth-order valence-electron chi connectivity index (χ4n) is 1.95. The summed E-state index contributed by atoms with van der Waals surface area (Å²) in [5.41, 5.74) is 4.28. The summed E-state index contributed by atoms with van der Waals surface area (Å²) in [4.78, 5) is 0. The predicted molar refractivity (Wildman–Crippen MR) is 78.0 cm³/mol. The van der Waals surface area contributed by atoms with Gasteiger partial charge in [0.1, 0.15) is 0 Å². The van der Waals surface area contributed by atoms with E-state index in [-0.39, 0.29) is 5.41 Å². The standard InChI is InChI=1S/C17H26/c1-13(2)11-16(17(4,5)6)12-15-9-7-14(3)8-10-15/h7,9-11,14H,1,8,12H2,2-6H3/b16-11+. The molecule has 0 aliphatic heterocycles. The third kappa shape index (κ3) is 4.77. The van der Waals surface area contributed by atoms with E-state index in [2.05, 4.69) is 65.5 Å². The van der Waals surface area contributed by atoms with Gasteiger partial charge >= 0.3 is 0 Å². The van der Waals surface area contributed by atoms with Gasteiger partial charge in [-0.15, -0.1) is 0 Å². The van der Waals surface area contributed by atoms with Crippen molar-refractivity contribution in [2.45, 2.75) is 47.5 Å². The van der Waals surface area contributed by atoms with Crippen molar-refractivity contribution in [3.05, 3.63) is 47.6 Å². The number of allylic oxidation sites excluding steroid dienone is 7. The highest BCUT2D eigenvalue weighted by atomic mass is 14.2. The second kappa shape index (κ2) is 5.53. The average Bonchev–Trinajstić information content (AvgIpc) is 2.18. The minimum absolute atomic E-state index is 0.219. The second-order valence-electron chi connectivity index (χ2n) is 6.29. The first-order chi connectivity index (χ1) is 7.79. The fraction of sp³-hybridized carbons (Fsp3) is 0.529. The van der Waals surface area contributed by atoms with Gasteiger partial charge in [0.15, 0.2) is 0 Å². The molecule has 1 unspecified atom stereocenters. The van der Waals surface area contributed by atoms with Crippen LogP contribution >= 0.6 is 0 Å². The zero-order chi connectivity index (χ0) is 13.1. The molecule has 1 atom stereocenters. The first-order valence-corrected chi connectivity index (χ1v) is 6.53. The topological polar surface area (TPSA) is 0 Å². The van der Waals surface area contributed by atoms with Crippen LogP contribution in [-0.4, -0.2) is 0 Å². The molecule has 0 saturated heterocycles. The lowest BCUT2D eigenvalue weighted by Gasteiger charge is -2.25. The van der Waals surface area contributed by atoms with E-state index >= 15 is 0 Å². The summed E-state index contributed by atoms with van der Waals surface area (Å²) in [5, 5.41) is 0. The molecule has 1 rings (SSSR count). The summed E-state index contributed by atoms with van der Waals surface area (Å²) < 4.78 is 0. The molecule has 0 aromatic heterocycles. The van der Waals surface area contributed by atoms with Gasteiger partial charge in [-0.3, -0.25) is 0 Å².